The number of aryl methyl sites for hydroxylation is 2. The summed E-state index contributed by atoms with van der Waals surface area (Å²) in [7, 11) is 0. The molecule has 0 aliphatic heterocycles. The summed E-state index contributed by atoms with van der Waals surface area (Å²) in [4.78, 5) is 27.6. The van der Waals surface area contributed by atoms with Gasteiger partial charge in [-0.25, -0.2) is 4.39 Å². The maximum atomic E-state index is 13.3. The largest absolute Gasteiger partial charge is 0.484 e. The molecule has 6 heteroatoms. The van der Waals surface area contributed by atoms with Crippen LogP contribution in [0, 0.1) is 19.7 Å². The Bertz CT molecular complexity index is 923. The molecule has 3 rings (SSSR count). The molecule has 2 aromatic rings. The van der Waals surface area contributed by atoms with Crippen LogP contribution in [0.15, 0.2) is 42.5 Å². The van der Waals surface area contributed by atoms with E-state index in [1.165, 1.54) is 23.5 Å². The molecule has 0 heterocycles. The van der Waals surface area contributed by atoms with Crippen LogP contribution in [0.3, 0.4) is 0 Å². The van der Waals surface area contributed by atoms with E-state index in [0.29, 0.717) is 5.75 Å². The van der Waals surface area contributed by atoms with E-state index in [0.717, 1.165) is 42.4 Å². The molecule has 2 amide bonds. The van der Waals surface area contributed by atoms with E-state index in [1.54, 1.807) is 19.1 Å². The second-order valence-corrected chi connectivity index (χ2v) is 8.70. The Morgan fingerprint density at radius 3 is 2.41 bits per heavy atom. The third kappa shape index (κ3) is 6.55. The molecule has 0 radical (unpaired) electrons. The maximum Gasteiger partial charge on any atom is 0.261 e. The molecular weight excluding hydrogens is 407 g/mol. The highest BCUT2D eigenvalue weighted by Crippen LogP contribution is 2.19. The number of halogens is 1. The summed E-state index contributed by atoms with van der Waals surface area (Å²) in [6.45, 7) is 5.76. The van der Waals surface area contributed by atoms with Crippen molar-refractivity contribution in [1.29, 1.82) is 0 Å². The Labute approximate surface area is 190 Å². The number of nitrogens with one attached hydrogen (secondary N) is 1. The fourth-order valence-electron chi connectivity index (χ4n) is 3.97. The zero-order valence-electron chi connectivity index (χ0n) is 19.2. The van der Waals surface area contributed by atoms with Crippen LogP contribution in [-0.2, 0) is 16.1 Å². The lowest BCUT2D eigenvalue weighted by Crippen LogP contribution is -2.51. The Balaban J connectivity index is 1.70. The molecule has 172 valence electrons. The van der Waals surface area contributed by atoms with Gasteiger partial charge in [0.15, 0.2) is 6.61 Å². The quantitative estimate of drug-likeness (QED) is 0.648. The Morgan fingerprint density at radius 2 is 1.75 bits per heavy atom. The van der Waals surface area contributed by atoms with Gasteiger partial charge in [-0.15, -0.1) is 0 Å². The van der Waals surface area contributed by atoms with Gasteiger partial charge in [-0.2, -0.15) is 0 Å². The van der Waals surface area contributed by atoms with Gasteiger partial charge in [0.25, 0.3) is 5.91 Å². The van der Waals surface area contributed by atoms with E-state index in [4.69, 9.17) is 4.74 Å². The van der Waals surface area contributed by atoms with Gasteiger partial charge >= 0.3 is 0 Å². The lowest BCUT2D eigenvalue weighted by atomic mass is 9.95. The molecule has 0 bridgehead atoms. The van der Waals surface area contributed by atoms with Crippen LogP contribution in [0.2, 0.25) is 0 Å². The van der Waals surface area contributed by atoms with E-state index in [1.807, 2.05) is 32.0 Å². The SMILES string of the molecule is Cc1ccc(OCC(=O)N(Cc2ccc(F)cc2)C(C)C(=O)NC2CCCCC2)cc1C. The van der Waals surface area contributed by atoms with Gasteiger partial charge < -0.3 is 15.0 Å². The summed E-state index contributed by atoms with van der Waals surface area (Å²) in [6, 6.07) is 11.1. The topological polar surface area (TPSA) is 58.6 Å². The van der Waals surface area contributed by atoms with Crippen LogP contribution in [0.5, 0.6) is 5.75 Å². The summed E-state index contributed by atoms with van der Waals surface area (Å²) in [5.41, 5.74) is 2.98. The van der Waals surface area contributed by atoms with Gasteiger partial charge in [0.05, 0.1) is 0 Å². The second kappa shape index (κ2) is 11.1. The van der Waals surface area contributed by atoms with Crippen LogP contribution in [-0.4, -0.2) is 35.4 Å². The first-order valence-electron chi connectivity index (χ1n) is 11.4. The van der Waals surface area contributed by atoms with Gasteiger partial charge in [-0.3, -0.25) is 9.59 Å². The van der Waals surface area contributed by atoms with Gasteiger partial charge in [-0.1, -0.05) is 37.5 Å². The predicted molar refractivity (Wildman–Crippen MR) is 123 cm³/mol. The lowest BCUT2D eigenvalue weighted by Gasteiger charge is -2.31. The molecule has 32 heavy (non-hydrogen) atoms. The van der Waals surface area contributed by atoms with Crippen molar-refractivity contribution in [2.45, 2.75) is 71.5 Å². The van der Waals surface area contributed by atoms with Gasteiger partial charge in [0, 0.05) is 12.6 Å². The molecule has 1 atom stereocenters. The molecule has 0 aromatic heterocycles. The molecule has 1 aliphatic rings. The molecule has 0 spiro atoms. The molecular formula is C26H33FN2O3. The number of benzene rings is 2. The van der Waals surface area contributed by atoms with E-state index in [2.05, 4.69) is 5.32 Å². The number of amides is 2. The average molecular weight is 441 g/mol. The predicted octanol–water partition coefficient (Wildman–Crippen LogP) is 4.69. The fourth-order valence-corrected chi connectivity index (χ4v) is 3.97. The zero-order valence-corrected chi connectivity index (χ0v) is 19.2. The molecule has 0 saturated heterocycles. The Hall–Kier alpha value is -2.89. The number of rotatable bonds is 8. The first-order valence-corrected chi connectivity index (χ1v) is 11.4. The number of ether oxygens (including phenoxy) is 1. The summed E-state index contributed by atoms with van der Waals surface area (Å²) < 4.78 is 19.1. The van der Waals surface area contributed by atoms with Crippen molar-refractivity contribution >= 4 is 11.8 Å². The highest BCUT2D eigenvalue weighted by Gasteiger charge is 2.28. The number of carbonyl (C=O) groups excluding carboxylic acids is 2. The number of hydrogen-bond donors (Lipinski definition) is 1. The minimum absolute atomic E-state index is 0.160. The third-order valence-electron chi connectivity index (χ3n) is 6.23. The number of nitrogens with zero attached hydrogens (tertiary/aromatic N) is 1. The second-order valence-electron chi connectivity index (χ2n) is 8.70. The smallest absolute Gasteiger partial charge is 0.261 e. The van der Waals surface area contributed by atoms with Crippen LogP contribution in [0.4, 0.5) is 4.39 Å². The lowest BCUT2D eigenvalue weighted by molar-refractivity contribution is -0.142. The number of carbonyl (C=O) groups is 2. The molecule has 1 saturated carbocycles. The molecule has 1 N–H and O–H groups in total. The van der Waals surface area contributed by atoms with Crippen molar-refractivity contribution < 1.29 is 18.7 Å². The van der Waals surface area contributed by atoms with Crippen LogP contribution >= 0.6 is 0 Å². The fraction of sp³-hybridized carbons (Fsp3) is 0.462. The monoisotopic (exact) mass is 440 g/mol. The van der Waals surface area contributed by atoms with Crippen molar-refractivity contribution in [3.63, 3.8) is 0 Å². The normalized spacial score (nSPS) is 15.1. The summed E-state index contributed by atoms with van der Waals surface area (Å²) in [6.07, 6.45) is 5.37. The van der Waals surface area contributed by atoms with Gasteiger partial charge in [0.2, 0.25) is 5.91 Å². The van der Waals surface area contributed by atoms with Crippen LogP contribution < -0.4 is 10.1 Å². The molecule has 2 aromatic carbocycles. The van der Waals surface area contributed by atoms with Crippen molar-refractivity contribution in [2.75, 3.05) is 6.61 Å². The Morgan fingerprint density at radius 1 is 1.06 bits per heavy atom. The minimum Gasteiger partial charge on any atom is -0.484 e. The summed E-state index contributed by atoms with van der Waals surface area (Å²) in [5, 5.41) is 3.10. The van der Waals surface area contributed by atoms with Crippen LogP contribution in [0.1, 0.15) is 55.7 Å². The van der Waals surface area contributed by atoms with Crippen molar-refractivity contribution in [1.82, 2.24) is 10.2 Å². The third-order valence-corrected chi connectivity index (χ3v) is 6.23. The number of hydrogen-bond acceptors (Lipinski definition) is 3. The molecule has 1 aliphatic carbocycles. The zero-order chi connectivity index (χ0) is 23.1. The van der Waals surface area contributed by atoms with E-state index in [-0.39, 0.29) is 36.8 Å². The van der Waals surface area contributed by atoms with E-state index in [9.17, 15) is 14.0 Å². The average Bonchev–Trinajstić information content (AvgIpc) is 2.79. The van der Waals surface area contributed by atoms with E-state index >= 15 is 0 Å². The highest BCUT2D eigenvalue weighted by atomic mass is 19.1. The van der Waals surface area contributed by atoms with Gasteiger partial charge in [0.1, 0.15) is 17.6 Å². The van der Waals surface area contributed by atoms with Crippen molar-refractivity contribution in [3.05, 3.63) is 65.0 Å². The summed E-state index contributed by atoms with van der Waals surface area (Å²) >= 11 is 0. The first kappa shape index (κ1) is 23.8. The minimum atomic E-state index is -0.669. The van der Waals surface area contributed by atoms with Crippen LogP contribution in [0.25, 0.3) is 0 Å². The standard InChI is InChI=1S/C26H33FN2O3/c1-18-9-14-24(15-19(18)2)32-17-25(30)29(16-21-10-12-22(27)13-11-21)20(3)26(31)28-23-7-5-4-6-8-23/h9-15,20,23H,4-8,16-17H2,1-3H3,(H,28,31). The highest BCUT2D eigenvalue weighted by molar-refractivity contribution is 5.88. The van der Waals surface area contributed by atoms with Crippen molar-refractivity contribution in [2.24, 2.45) is 0 Å². The Kier molecular flexibility index (Phi) is 8.26. The van der Waals surface area contributed by atoms with Gasteiger partial charge in [-0.05, 0) is 74.6 Å². The molecule has 1 fully saturated rings. The van der Waals surface area contributed by atoms with E-state index < -0.39 is 6.04 Å². The maximum absolute atomic E-state index is 13.3. The summed E-state index contributed by atoms with van der Waals surface area (Å²) in [5.74, 6) is -0.187. The van der Waals surface area contributed by atoms with Crippen molar-refractivity contribution in [3.8, 4) is 5.75 Å². The molecule has 5 nitrogen and oxygen atoms in total. The first-order chi connectivity index (χ1) is 15.3. The molecule has 1 unspecified atom stereocenters.